The summed E-state index contributed by atoms with van der Waals surface area (Å²) in [6, 6.07) is 6.20. The van der Waals surface area contributed by atoms with Crippen LogP contribution in [0.15, 0.2) is 24.4 Å². The fourth-order valence-electron chi connectivity index (χ4n) is 3.42. The molecule has 3 heterocycles. The molecule has 2 N–H and O–H groups in total. The van der Waals surface area contributed by atoms with Crippen LogP contribution >= 0.6 is 0 Å². The smallest absolute Gasteiger partial charge is 0.229 e. The molecule has 26 heavy (non-hydrogen) atoms. The molecule has 136 valence electrons. The number of amides is 1. The number of hydrogen-bond donors (Lipinski definition) is 2. The normalized spacial score (nSPS) is 19.7. The van der Waals surface area contributed by atoms with Gasteiger partial charge in [0.05, 0.1) is 19.3 Å². The average Bonchev–Trinajstić information content (AvgIpc) is 2.64. The van der Waals surface area contributed by atoms with E-state index in [2.05, 4.69) is 33.5 Å². The number of aryl methyl sites for hydroxylation is 2. The first kappa shape index (κ1) is 16.8. The number of anilines is 4. The second-order valence-corrected chi connectivity index (χ2v) is 6.86. The van der Waals surface area contributed by atoms with Crippen LogP contribution in [0.1, 0.15) is 24.5 Å². The standard InChI is InChI=1S/C19H23N5O2/c1-12-10-20-19(23-18(12)24-7-8-26-11-13(24)2)21-15-4-5-16-14(9-15)3-6-17(25)22-16/h4-5,9-10,13H,3,6-8,11H2,1-2H3,(H,22,25)(H,20,21,23)/t13-/m1/s1. The number of ether oxygens (including phenoxy) is 1. The molecule has 2 aliphatic heterocycles. The van der Waals surface area contributed by atoms with Crippen LogP contribution < -0.4 is 15.5 Å². The lowest BCUT2D eigenvalue weighted by atomic mass is 10.0. The van der Waals surface area contributed by atoms with E-state index >= 15 is 0 Å². The molecule has 4 rings (SSSR count). The maximum Gasteiger partial charge on any atom is 0.229 e. The Morgan fingerprint density at radius 2 is 2.23 bits per heavy atom. The predicted molar refractivity (Wildman–Crippen MR) is 101 cm³/mol. The summed E-state index contributed by atoms with van der Waals surface area (Å²) in [6.07, 6.45) is 3.13. The van der Waals surface area contributed by atoms with Crippen LogP contribution in [0.3, 0.4) is 0 Å². The largest absolute Gasteiger partial charge is 0.377 e. The van der Waals surface area contributed by atoms with Crippen LogP contribution in [0.25, 0.3) is 0 Å². The van der Waals surface area contributed by atoms with Gasteiger partial charge in [0.1, 0.15) is 5.82 Å². The number of aromatic nitrogens is 2. The summed E-state index contributed by atoms with van der Waals surface area (Å²) >= 11 is 0. The minimum atomic E-state index is 0.0735. The van der Waals surface area contributed by atoms with Gasteiger partial charge >= 0.3 is 0 Å². The zero-order valence-corrected chi connectivity index (χ0v) is 15.1. The molecular weight excluding hydrogens is 330 g/mol. The molecular formula is C19H23N5O2. The number of benzene rings is 1. The molecule has 2 aliphatic rings. The molecule has 0 aliphatic carbocycles. The Labute approximate surface area is 152 Å². The third kappa shape index (κ3) is 3.35. The maximum atomic E-state index is 11.5. The van der Waals surface area contributed by atoms with Gasteiger partial charge in [0.25, 0.3) is 0 Å². The van der Waals surface area contributed by atoms with E-state index in [1.165, 1.54) is 0 Å². The molecule has 0 unspecified atom stereocenters. The van der Waals surface area contributed by atoms with Gasteiger partial charge in [-0.3, -0.25) is 4.79 Å². The first-order valence-corrected chi connectivity index (χ1v) is 8.98. The van der Waals surface area contributed by atoms with E-state index in [9.17, 15) is 4.79 Å². The lowest BCUT2D eigenvalue weighted by molar-refractivity contribution is -0.116. The fourth-order valence-corrected chi connectivity index (χ4v) is 3.42. The molecule has 2 aromatic rings. The van der Waals surface area contributed by atoms with Crippen LogP contribution in [0.4, 0.5) is 23.1 Å². The van der Waals surface area contributed by atoms with Crippen molar-refractivity contribution in [1.82, 2.24) is 9.97 Å². The Bertz CT molecular complexity index is 839. The van der Waals surface area contributed by atoms with Crippen molar-refractivity contribution in [2.75, 3.05) is 35.3 Å². The van der Waals surface area contributed by atoms with Crippen LogP contribution in [-0.2, 0) is 16.0 Å². The zero-order chi connectivity index (χ0) is 18.1. The molecule has 0 spiro atoms. The second kappa shape index (κ2) is 6.92. The van der Waals surface area contributed by atoms with E-state index in [1.54, 1.807) is 0 Å². The van der Waals surface area contributed by atoms with Gasteiger partial charge in [-0.05, 0) is 44.0 Å². The number of rotatable bonds is 3. The molecule has 1 amide bonds. The summed E-state index contributed by atoms with van der Waals surface area (Å²) in [5.74, 6) is 1.59. The predicted octanol–water partition coefficient (Wildman–Crippen LogP) is 2.64. The van der Waals surface area contributed by atoms with E-state index in [4.69, 9.17) is 9.72 Å². The fraction of sp³-hybridized carbons (Fsp3) is 0.421. The summed E-state index contributed by atoms with van der Waals surface area (Å²) in [6.45, 7) is 6.43. The monoisotopic (exact) mass is 353 g/mol. The highest BCUT2D eigenvalue weighted by Crippen LogP contribution is 2.28. The highest BCUT2D eigenvalue weighted by atomic mass is 16.5. The van der Waals surface area contributed by atoms with Crippen LogP contribution in [0.5, 0.6) is 0 Å². The molecule has 1 fully saturated rings. The number of nitrogens with one attached hydrogen (secondary N) is 2. The average molecular weight is 353 g/mol. The van der Waals surface area contributed by atoms with E-state index in [1.807, 2.05) is 25.3 Å². The lowest BCUT2D eigenvalue weighted by Crippen LogP contribution is -2.44. The van der Waals surface area contributed by atoms with Gasteiger partial charge < -0.3 is 20.3 Å². The van der Waals surface area contributed by atoms with Crippen molar-refractivity contribution in [2.45, 2.75) is 32.7 Å². The molecule has 1 atom stereocenters. The first-order valence-electron chi connectivity index (χ1n) is 8.98. The van der Waals surface area contributed by atoms with Crippen LogP contribution in [0.2, 0.25) is 0 Å². The SMILES string of the molecule is Cc1cnc(Nc2ccc3c(c2)CCC(=O)N3)nc1N1CCOC[C@H]1C. The van der Waals surface area contributed by atoms with E-state index in [-0.39, 0.29) is 11.9 Å². The first-order chi connectivity index (χ1) is 12.6. The summed E-state index contributed by atoms with van der Waals surface area (Å²) < 4.78 is 5.53. The quantitative estimate of drug-likeness (QED) is 0.883. The van der Waals surface area contributed by atoms with Gasteiger partial charge in [-0.15, -0.1) is 0 Å². The summed E-state index contributed by atoms with van der Waals surface area (Å²) in [4.78, 5) is 22.9. The number of carbonyl (C=O) groups excluding carboxylic acids is 1. The third-order valence-corrected chi connectivity index (χ3v) is 4.84. The van der Waals surface area contributed by atoms with Gasteiger partial charge in [0.15, 0.2) is 0 Å². The van der Waals surface area contributed by atoms with Gasteiger partial charge in [-0.1, -0.05) is 0 Å². The van der Waals surface area contributed by atoms with Crippen molar-refractivity contribution in [1.29, 1.82) is 0 Å². The Kier molecular flexibility index (Phi) is 4.46. The second-order valence-electron chi connectivity index (χ2n) is 6.86. The van der Waals surface area contributed by atoms with E-state index < -0.39 is 0 Å². The van der Waals surface area contributed by atoms with Crippen LogP contribution in [0, 0.1) is 6.92 Å². The van der Waals surface area contributed by atoms with Gasteiger partial charge in [0, 0.05) is 36.1 Å². The maximum absolute atomic E-state index is 11.5. The molecule has 0 bridgehead atoms. The minimum absolute atomic E-state index is 0.0735. The molecule has 1 aromatic heterocycles. The van der Waals surface area contributed by atoms with Crippen LogP contribution in [-0.4, -0.2) is 41.7 Å². The van der Waals surface area contributed by atoms with E-state index in [0.29, 0.717) is 25.6 Å². The van der Waals surface area contributed by atoms with Crippen molar-refractivity contribution >= 4 is 29.0 Å². The molecule has 1 aromatic carbocycles. The minimum Gasteiger partial charge on any atom is -0.377 e. The Balaban J connectivity index is 1.57. The number of morpholine rings is 1. The number of nitrogens with zero attached hydrogens (tertiary/aromatic N) is 3. The zero-order valence-electron chi connectivity index (χ0n) is 15.1. The van der Waals surface area contributed by atoms with Crippen molar-refractivity contribution in [3.8, 4) is 0 Å². The number of fused-ring (bicyclic) bond motifs is 1. The van der Waals surface area contributed by atoms with Gasteiger partial charge in [0.2, 0.25) is 11.9 Å². The Hall–Kier alpha value is -2.67. The van der Waals surface area contributed by atoms with E-state index in [0.717, 1.165) is 41.3 Å². The van der Waals surface area contributed by atoms with Crippen molar-refractivity contribution in [2.24, 2.45) is 0 Å². The molecule has 7 heteroatoms. The molecule has 1 saturated heterocycles. The summed E-state index contributed by atoms with van der Waals surface area (Å²) in [5.41, 5.74) is 3.99. The molecule has 0 radical (unpaired) electrons. The highest BCUT2D eigenvalue weighted by molar-refractivity contribution is 5.94. The van der Waals surface area contributed by atoms with Gasteiger partial charge in [-0.25, -0.2) is 4.98 Å². The Morgan fingerprint density at radius 1 is 1.35 bits per heavy atom. The number of carbonyl (C=O) groups is 1. The highest BCUT2D eigenvalue weighted by Gasteiger charge is 2.22. The van der Waals surface area contributed by atoms with Crippen molar-refractivity contribution < 1.29 is 9.53 Å². The molecule has 0 saturated carbocycles. The third-order valence-electron chi connectivity index (χ3n) is 4.84. The lowest BCUT2D eigenvalue weighted by Gasteiger charge is -2.35. The van der Waals surface area contributed by atoms with Crippen molar-refractivity contribution in [3.63, 3.8) is 0 Å². The summed E-state index contributed by atoms with van der Waals surface area (Å²) in [5, 5.41) is 6.19. The van der Waals surface area contributed by atoms with Crippen molar-refractivity contribution in [3.05, 3.63) is 35.5 Å². The topological polar surface area (TPSA) is 79.4 Å². The van der Waals surface area contributed by atoms with Gasteiger partial charge in [-0.2, -0.15) is 4.98 Å². The molecule has 7 nitrogen and oxygen atoms in total. The summed E-state index contributed by atoms with van der Waals surface area (Å²) in [7, 11) is 0. The number of hydrogen-bond acceptors (Lipinski definition) is 6. The Morgan fingerprint density at radius 3 is 3.08 bits per heavy atom.